The zero-order valence-electron chi connectivity index (χ0n) is 14.9. The smallest absolute Gasteiger partial charge is 0.309 e. The highest BCUT2D eigenvalue weighted by Crippen LogP contribution is 2.30. The molecule has 0 spiro atoms. The number of aromatic nitrogens is 2. The summed E-state index contributed by atoms with van der Waals surface area (Å²) in [5, 5.41) is 4.14. The van der Waals surface area contributed by atoms with Crippen molar-refractivity contribution >= 4 is 11.6 Å². The lowest BCUT2D eigenvalue weighted by atomic mass is 10.1. The highest BCUT2D eigenvalue weighted by atomic mass is 19.4. The summed E-state index contributed by atoms with van der Waals surface area (Å²) in [5.74, 6) is -0.251. The first-order chi connectivity index (χ1) is 12.8. The molecule has 0 saturated carbocycles. The predicted molar refractivity (Wildman–Crippen MR) is 97.1 cm³/mol. The number of benzene rings is 2. The summed E-state index contributed by atoms with van der Waals surface area (Å²) in [5.41, 5.74) is 1.06. The Kier molecular flexibility index (Phi) is 5.03. The Morgan fingerprint density at radius 3 is 2.44 bits per heavy atom. The van der Waals surface area contributed by atoms with Crippen LogP contribution in [0.3, 0.4) is 0 Å². The largest absolute Gasteiger partial charge is 0.416 e. The van der Waals surface area contributed by atoms with E-state index in [4.69, 9.17) is 0 Å². The molecule has 0 saturated heterocycles. The third-order valence-corrected chi connectivity index (χ3v) is 4.29. The summed E-state index contributed by atoms with van der Waals surface area (Å²) < 4.78 is 40.2. The molecular formula is C20H18F3N3O. The quantitative estimate of drug-likeness (QED) is 0.655. The standard InChI is InChI=1S/C20H18F3N3O/c1-3-25(16-9-5-4-6-10-16)19(27)18-13-24-26(14(18)2)17-11-7-8-15(12-17)20(21,22)23/h4-13H,3H2,1-2H3. The van der Waals surface area contributed by atoms with E-state index in [2.05, 4.69) is 5.10 Å². The minimum absolute atomic E-state index is 0.251. The average molecular weight is 373 g/mol. The molecule has 3 aromatic rings. The predicted octanol–water partition coefficient (Wildman–Crippen LogP) is 4.87. The highest BCUT2D eigenvalue weighted by Gasteiger charge is 2.31. The summed E-state index contributed by atoms with van der Waals surface area (Å²) in [4.78, 5) is 14.6. The maximum atomic E-state index is 13.0. The van der Waals surface area contributed by atoms with E-state index in [1.54, 1.807) is 11.8 Å². The Labute approximate surface area is 154 Å². The van der Waals surface area contributed by atoms with Gasteiger partial charge in [-0.25, -0.2) is 4.68 Å². The van der Waals surface area contributed by atoms with E-state index < -0.39 is 11.7 Å². The Morgan fingerprint density at radius 2 is 1.81 bits per heavy atom. The van der Waals surface area contributed by atoms with Crippen LogP contribution in [0.5, 0.6) is 0 Å². The summed E-state index contributed by atoms with van der Waals surface area (Å²) in [6.07, 6.45) is -3.05. The summed E-state index contributed by atoms with van der Waals surface area (Å²) in [6.45, 7) is 3.98. The van der Waals surface area contributed by atoms with Crippen molar-refractivity contribution in [2.75, 3.05) is 11.4 Å². The first-order valence-electron chi connectivity index (χ1n) is 8.42. The summed E-state index contributed by atoms with van der Waals surface area (Å²) in [6, 6.07) is 14.1. The van der Waals surface area contributed by atoms with Gasteiger partial charge in [0.25, 0.3) is 5.91 Å². The van der Waals surface area contributed by atoms with Crippen LogP contribution in [0.1, 0.15) is 28.5 Å². The molecule has 7 heteroatoms. The minimum Gasteiger partial charge on any atom is -0.309 e. The van der Waals surface area contributed by atoms with E-state index in [1.165, 1.54) is 23.0 Å². The molecule has 140 valence electrons. The van der Waals surface area contributed by atoms with Gasteiger partial charge >= 0.3 is 6.18 Å². The van der Waals surface area contributed by atoms with Crippen LogP contribution in [0.15, 0.2) is 60.8 Å². The number of anilines is 1. The van der Waals surface area contributed by atoms with Gasteiger partial charge in [0.2, 0.25) is 0 Å². The van der Waals surface area contributed by atoms with Crippen molar-refractivity contribution in [2.45, 2.75) is 20.0 Å². The lowest BCUT2D eigenvalue weighted by molar-refractivity contribution is -0.137. The maximum Gasteiger partial charge on any atom is 0.416 e. The Balaban J connectivity index is 1.97. The maximum absolute atomic E-state index is 13.0. The molecule has 0 N–H and O–H groups in total. The van der Waals surface area contributed by atoms with Crippen molar-refractivity contribution in [1.82, 2.24) is 9.78 Å². The second-order valence-electron chi connectivity index (χ2n) is 5.99. The Bertz CT molecular complexity index is 949. The SMILES string of the molecule is CCN(C(=O)c1cnn(-c2cccc(C(F)(F)F)c2)c1C)c1ccccc1. The number of hydrogen-bond acceptors (Lipinski definition) is 2. The zero-order chi connectivity index (χ0) is 19.6. The molecule has 2 aromatic carbocycles. The van der Waals surface area contributed by atoms with Crippen LogP contribution >= 0.6 is 0 Å². The molecule has 0 aliphatic rings. The molecular weight excluding hydrogens is 355 g/mol. The van der Waals surface area contributed by atoms with Gasteiger partial charge in [-0.05, 0) is 44.2 Å². The number of carbonyl (C=O) groups excluding carboxylic acids is 1. The molecule has 0 aliphatic heterocycles. The van der Waals surface area contributed by atoms with Gasteiger partial charge in [-0.1, -0.05) is 24.3 Å². The molecule has 27 heavy (non-hydrogen) atoms. The van der Waals surface area contributed by atoms with Gasteiger partial charge in [-0.2, -0.15) is 18.3 Å². The molecule has 1 heterocycles. The van der Waals surface area contributed by atoms with Gasteiger partial charge in [0.15, 0.2) is 0 Å². The molecule has 0 bridgehead atoms. The molecule has 0 radical (unpaired) electrons. The van der Waals surface area contributed by atoms with E-state index in [-0.39, 0.29) is 11.6 Å². The number of rotatable bonds is 4. The van der Waals surface area contributed by atoms with Crippen LogP contribution < -0.4 is 4.90 Å². The van der Waals surface area contributed by atoms with E-state index >= 15 is 0 Å². The molecule has 0 atom stereocenters. The van der Waals surface area contributed by atoms with Crippen LogP contribution in [0, 0.1) is 6.92 Å². The number of alkyl halides is 3. The highest BCUT2D eigenvalue weighted by molar-refractivity contribution is 6.06. The van der Waals surface area contributed by atoms with Gasteiger partial charge in [-0.15, -0.1) is 0 Å². The first-order valence-corrected chi connectivity index (χ1v) is 8.42. The van der Waals surface area contributed by atoms with Crippen molar-refractivity contribution < 1.29 is 18.0 Å². The number of para-hydroxylation sites is 1. The van der Waals surface area contributed by atoms with Gasteiger partial charge in [0.05, 0.1) is 28.7 Å². The van der Waals surface area contributed by atoms with Crippen LogP contribution in [0.2, 0.25) is 0 Å². The molecule has 0 fully saturated rings. The lowest BCUT2D eigenvalue weighted by Gasteiger charge is -2.20. The Morgan fingerprint density at radius 1 is 1.11 bits per heavy atom. The second kappa shape index (κ2) is 7.26. The fraction of sp³-hybridized carbons (Fsp3) is 0.200. The average Bonchev–Trinajstić information content (AvgIpc) is 3.04. The number of carbonyl (C=O) groups is 1. The van der Waals surface area contributed by atoms with Crippen LogP contribution in [0.25, 0.3) is 5.69 Å². The van der Waals surface area contributed by atoms with Crippen LogP contribution in [-0.4, -0.2) is 22.2 Å². The molecule has 0 aliphatic carbocycles. The first kappa shape index (κ1) is 18.7. The number of hydrogen-bond donors (Lipinski definition) is 0. The molecule has 1 aromatic heterocycles. The van der Waals surface area contributed by atoms with Gasteiger partial charge in [-0.3, -0.25) is 4.79 Å². The fourth-order valence-corrected chi connectivity index (χ4v) is 2.89. The minimum atomic E-state index is -4.44. The number of halogens is 3. The van der Waals surface area contributed by atoms with Crippen molar-refractivity contribution in [3.05, 3.63) is 77.6 Å². The van der Waals surface area contributed by atoms with E-state index in [1.807, 2.05) is 37.3 Å². The molecule has 0 unspecified atom stereocenters. The van der Waals surface area contributed by atoms with Crippen molar-refractivity contribution in [3.63, 3.8) is 0 Å². The summed E-state index contributed by atoms with van der Waals surface area (Å²) in [7, 11) is 0. The second-order valence-corrected chi connectivity index (χ2v) is 5.99. The van der Waals surface area contributed by atoms with E-state index in [0.29, 0.717) is 17.8 Å². The van der Waals surface area contributed by atoms with Gasteiger partial charge in [0, 0.05) is 12.2 Å². The van der Waals surface area contributed by atoms with Crippen molar-refractivity contribution in [1.29, 1.82) is 0 Å². The Hall–Kier alpha value is -3.09. The molecule has 1 amide bonds. The van der Waals surface area contributed by atoms with Crippen LogP contribution in [0.4, 0.5) is 18.9 Å². The monoisotopic (exact) mass is 373 g/mol. The van der Waals surface area contributed by atoms with Gasteiger partial charge in [0.1, 0.15) is 0 Å². The number of nitrogens with zero attached hydrogens (tertiary/aromatic N) is 3. The normalized spacial score (nSPS) is 11.4. The van der Waals surface area contributed by atoms with Crippen molar-refractivity contribution in [3.8, 4) is 5.69 Å². The van der Waals surface area contributed by atoms with E-state index in [9.17, 15) is 18.0 Å². The zero-order valence-corrected chi connectivity index (χ0v) is 14.9. The third-order valence-electron chi connectivity index (χ3n) is 4.29. The molecule has 4 nitrogen and oxygen atoms in total. The van der Waals surface area contributed by atoms with E-state index in [0.717, 1.165) is 17.8 Å². The van der Waals surface area contributed by atoms with Crippen LogP contribution in [-0.2, 0) is 6.18 Å². The summed E-state index contributed by atoms with van der Waals surface area (Å²) >= 11 is 0. The third kappa shape index (κ3) is 3.72. The lowest BCUT2D eigenvalue weighted by Crippen LogP contribution is -2.30. The van der Waals surface area contributed by atoms with Crippen molar-refractivity contribution in [2.24, 2.45) is 0 Å². The fourth-order valence-electron chi connectivity index (χ4n) is 2.89. The topological polar surface area (TPSA) is 38.1 Å². The number of amides is 1. The van der Waals surface area contributed by atoms with Gasteiger partial charge < -0.3 is 4.90 Å². The molecule has 3 rings (SSSR count).